The van der Waals surface area contributed by atoms with Crippen LogP contribution < -0.4 is 11.1 Å². The number of carbonyl (C=O) groups is 1. The van der Waals surface area contributed by atoms with E-state index in [4.69, 9.17) is 10.5 Å². The molecule has 2 aromatic rings. The summed E-state index contributed by atoms with van der Waals surface area (Å²) in [5, 5.41) is 4.71. The Morgan fingerprint density at radius 3 is 2.70 bits per heavy atom. The van der Waals surface area contributed by atoms with Gasteiger partial charge in [0, 0.05) is 13.2 Å². The highest BCUT2D eigenvalue weighted by Gasteiger charge is 2.11. The molecule has 0 aliphatic heterocycles. The van der Waals surface area contributed by atoms with Crippen LogP contribution in [0.2, 0.25) is 0 Å². The van der Waals surface area contributed by atoms with E-state index in [1.165, 1.54) is 11.3 Å². The number of nitrogen functional groups attached to an aromatic ring is 1. The van der Waals surface area contributed by atoms with Crippen LogP contribution in [0.25, 0.3) is 0 Å². The van der Waals surface area contributed by atoms with Gasteiger partial charge in [0.05, 0.1) is 12.3 Å². The molecule has 20 heavy (non-hydrogen) atoms. The van der Waals surface area contributed by atoms with Crippen LogP contribution in [-0.2, 0) is 17.9 Å². The first-order valence-corrected chi connectivity index (χ1v) is 7.36. The number of benzene rings is 1. The molecule has 0 spiro atoms. The summed E-state index contributed by atoms with van der Waals surface area (Å²) in [5.74, 6) is -0.135. The summed E-state index contributed by atoms with van der Waals surface area (Å²) < 4.78 is 5.43. The zero-order valence-electron chi connectivity index (χ0n) is 11.4. The Balaban J connectivity index is 2.00. The van der Waals surface area contributed by atoms with Crippen molar-refractivity contribution in [2.45, 2.75) is 20.1 Å². The number of nitrogens with two attached hydrogens (primary N) is 1. The van der Waals surface area contributed by atoms with E-state index in [0.717, 1.165) is 11.1 Å². The van der Waals surface area contributed by atoms with Crippen LogP contribution in [-0.4, -0.2) is 12.5 Å². The van der Waals surface area contributed by atoms with Crippen LogP contribution in [0, 0.1) is 0 Å². The molecule has 106 valence electrons. The molecule has 0 saturated carbocycles. The van der Waals surface area contributed by atoms with Gasteiger partial charge in [-0.2, -0.15) is 0 Å². The molecule has 1 aromatic carbocycles. The second-order valence-corrected chi connectivity index (χ2v) is 5.21. The van der Waals surface area contributed by atoms with Gasteiger partial charge in [-0.25, -0.2) is 0 Å². The highest BCUT2D eigenvalue weighted by Crippen LogP contribution is 2.18. The monoisotopic (exact) mass is 290 g/mol. The third-order valence-corrected chi connectivity index (χ3v) is 3.85. The molecule has 2 rings (SSSR count). The van der Waals surface area contributed by atoms with Crippen molar-refractivity contribution in [2.24, 2.45) is 0 Å². The van der Waals surface area contributed by atoms with Crippen LogP contribution in [0.5, 0.6) is 0 Å². The van der Waals surface area contributed by atoms with Crippen molar-refractivity contribution >= 4 is 22.9 Å². The van der Waals surface area contributed by atoms with Gasteiger partial charge >= 0.3 is 0 Å². The number of rotatable bonds is 6. The number of thiophene rings is 1. The van der Waals surface area contributed by atoms with E-state index in [1.807, 2.05) is 36.6 Å². The van der Waals surface area contributed by atoms with Crippen molar-refractivity contribution in [1.82, 2.24) is 5.32 Å². The van der Waals surface area contributed by atoms with E-state index >= 15 is 0 Å². The Bertz CT molecular complexity index is 581. The van der Waals surface area contributed by atoms with Crippen molar-refractivity contribution in [3.8, 4) is 0 Å². The predicted octanol–water partition coefficient (Wildman–Crippen LogP) is 2.80. The Kier molecular flexibility index (Phi) is 5.15. The molecule has 0 aliphatic rings. The van der Waals surface area contributed by atoms with Gasteiger partial charge in [0.1, 0.15) is 4.88 Å². The van der Waals surface area contributed by atoms with Crippen LogP contribution in [0.15, 0.2) is 35.7 Å². The Morgan fingerprint density at radius 2 is 2.05 bits per heavy atom. The van der Waals surface area contributed by atoms with E-state index in [0.29, 0.717) is 30.3 Å². The summed E-state index contributed by atoms with van der Waals surface area (Å²) in [5.41, 5.74) is 8.41. The quantitative estimate of drug-likeness (QED) is 0.860. The molecule has 5 heteroatoms. The van der Waals surface area contributed by atoms with Crippen molar-refractivity contribution in [3.05, 3.63) is 51.7 Å². The third kappa shape index (κ3) is 3.59. The first-order valence-electron chi connectivity index (χ1n) is 6.48. The lowest BCUT2D eigenvalue weighted by Crippen LogP contribution is -2.23. The molecule has 0 fully saturated rings. The average Bonchev–Trinajstić information content (AvgIpc) is 2.89. The molecule has 0 saturated heterocycles. The third-order valence-electron chi connectivity index (χ3n) is 2.92. The van der Waals surface area contributed by atoms with Crippen LogP contribution in [0.4, 0.5) is 5.69 Å². The van der Waals surface area contributed by atoms with Crippen LogP contribution >= 0.6 is 11.3 Å². The maximum absolute atomic E-state index is 12.0. The van der Waals surface area contributed by atoms with Gasteiger partial charge in [0.15, 0.2) is 0 Å². The molecule has 0 unspecified atom stereocenters. The molecular weight excluding hydrogens is 272 g/mol. The molecule has 3 N–H and O–H groups in total. The zero-order valence-corrected chi connectivity index (χ0v) is 12.2. The van der Waals surface area contributed by atoms with E-state index in [9.17, 15) is 4.79 Å². The lowest BCUT2D eigenvalue weighted by Gasteiger charge is -2.10. The largest absolute Gasteiger partial charge is 0.397 e. The van der Waals surface area contributed by atoms with Gasteiger partial charge < -0.3 is 15.8 Å². The Hall–Kier alpha value is -1.85. The van der Waals surface area contributed by atoms with Gasteiger partial charge in [-0.15, -0.1) is 11.3 Å². The number of hydrogen-bond donors (Lipinski definition) is 2. The van der Waals surface area contributed by atoms with Crippen molar-refractivity contribution in [3.63, 3.8) is 0 Å². The summed E-state index contributed by atoms with van der Waals surface area (Å²) in [6, 6.07) is 9.67. The fourth-order valence-electron chi connectivity index (χ4n) is 1.84. The van der Waals surface area contributed by atoms with Crippen LogP contribution in [0.1, 0.15) is 27.7 Å². The first-order chi connectivity index (χ1) is 9.72. The number of nitrogens with one attached hydrogen (secondary N) is 1. The summed E-state index contributed by atoms with van der Waals surface area (Å²) >= 11 is 1.35. The number of anilines is 1. The molecule has 0 bridgehead atoms. The molecule has 1 heterocycles. The highest BCUT2D eigenvalue weighted by molar-refractivity contribution is 7.12. The van der Waals surface area contributed by atoms with Gasteiger partial charge in [-0.3, -0.25) is 4.79 Å². The van der Waals surface area contributed by atoms with Gasteiger partial charge in [-0.05, 0) is 29.5 Å². The zero-order chi connectivity index (χ0) is 14.4. The van der Waals surface area contributed by atoms with E-state index in [-0.39, 0.29) is 5.91 Å². The fraction of sp³-hybridized carbons (Fsp3) is 0.267. The number of amides is 1. The van der Waals surface area contributed by atoms with Gasteiger partial charge in [0.2, 0.25) is 0 Å². The maximum Gasteiger partial charge on any atom is 0.263 e. The molecule has 1 amide bonds. The summed E-state index contributed by atoms with van der Waals surface area (Å²) in [6.07, 6.45) is 0. The molecule has 0 radical (unpaired) electrons. The fourth-order valence-corrected chi connectivity index (χ4v) is 2.58. The van der Waals surface area contributed by atoms with Crippen LogP contribution in [0.3, 0.4) is 0 Å². The minimum Gasteiger partial charge on any atom is -0.397 e. The first kappa shape index (κ1) is 14.6. The van der Waals surface area contributed by atoms with E-state index in [1.54, 1.807) is 6.07 Å². The van der Waals surface area contributed by atoms with Crippen molar-refractivity contribution in [2.75, 3.05) is 12.3 Å². The van der Waals surface area contributed by atoms with Gasteiger partial charge in [-0.1, -0.05) is 24.3 Å². The minimum atomic E-state index is -0.135. The van der Waals surface area contributed by atoms with Crippen molar-refractivity contribution in [1.29, 1.82) is 0 Å². The minimum absolute atomic E-state index is 0.135. The summed E-state index contributed by atoms with van der Waals surface area (Å²) in [7, 11) is 0. The number of hydrogen-bond acceptors (Lipinski definition) is 4. The SMILES string of the molecule is CCOCc1ccccc1CNC(=O)c1sccc1N. The number of carbonyl (C=O) groups excluding carboxylic acids is 1. The molecule has 1 aromatic heterocycles. The highest BCUT2D eigenvalue weighted by atomic mass is 32.1. The second kappa shape index (κ2) is 7.07. The molecule has 4 nitrogen and oxygen atoms in total. The smallest absolute Gasteiger partial charge is 0.263 e. The lowest BCUT2D eigenvalue weighted by molar-refractivity contribution is 0.0954. The topological polar surface area (TPSA) is 64.3 Å². The normalized spacial score (nSPS) is 10.4. The maximum atomic E-state index is 12.0. The lowest BCUT2D eigenvalue weighted by atomic mass is 10.1. The Morgan fingerprint density at radius 1 is 1.30 bits per heavy atom. The summed E-state index contributed by atoms with van der Waals surface area (Å²) in [6.45, 7) is 3.67. The van der Waals surface area contributed by atoms with E-state index < -0.39 is 0 Å². The van der Waals surface area contributed by atoms with Gasteiger partial charge in [0.25, 0.3) is 5.91 Å². The summed E-state index contributed by atoms with van der Waals surface area (Å²) in [4.78, 5) is 12.6. The molecule has 0 atom stereocenters. The predicted molar refractivity (Wildman–Crippen MR) is 81.7 cm³/mol. The molecular formula is C15H18N2O2S. The average molecular weight is 290 g/mol. The second-order valence-electron chi connectivity index (χ2n) is 4.29. The van der Waals surface area contributed by atoms with Crippen molar-refractivity contribution < 1.29 is 9.53 Å². The standard InChI is InChI=1S/C15H18N2O2S/c1-2-19-10-12-6-4-3-5-11(12)9-17-15(18)14-13(16)7-8-20-14/h3-8H,2,9-10,16H2,1H3,(H,17,18). The Labute approximate surface area is 122 Å². The molecule has 0 aliphatic carbocycles. The number of ether oxygens (including phenoxy) is 1. The van der Waals surface area contributed by atoms with E-state index in [2.05, 4.69) is 5.32 Å².